The Bertz CT molecular complexity index is 427. The number of nitrogens with two attached hydrogens (primary N) is 1. The van der Waals surface area contributed by atoms with Gasteiger partial charge in [0.05, 0.1) is 6.04 Å². The summed E-state index contributed by atoms with van der Waals surface area (Å²) in [6.07, 6.45) is 5.67. The number of rotatable bonds is 7. The zero-order valence-corrected chi connectivity index (χ0v) is 12.1. The molecule has 1 aromatic heterocycles. The van der Waals surface area contributed by atoms with Crippen LogP contribution in [0.25, 0.3) is 0 Å². The van der Waals surface area contributed by atoms with E-state index in [1.807, 2.05) is 0 Å². The Hall–Kier alpha value is -1.40. The van der Waals surface area contributed by atoms with E-state index < -0.39 is 0 Å². The lowest BCUT2D eigenvalue weighted by Gasteiger charge is -2.14. The molecule has 0 aliphatic carbocycles. The topological polar surface area (TPSA) is 84.4 Å². The number of carbonyl (C=O) groups is 1. The van der Waals surface area contributed by atoms with Crippen LogP contribution in [0.5, 0.6) is 0 Å². The van der Waals surface area contributed by atoms with Crippen LogP contribution in [0.3, 0.4) is 0 Å². The van der Waals surface area contributed by atoms with E-state index in [1.54, 1.807) is 0 Å². The van der Waals surface area contributed by atoms with Crippen molar-refractivity contribution in [2.45, 2.75) is 38.6 Å². The first-order chi connectivity index (χ1) is 9.70. The summed E-state index contributed by atoms with van der Waals surface area (Å²) in [7, 11) is 0. The van der Waals surface area contributed by atoms with Gasteiger partial charge in [0.15, 0.2) is 5.69 Å². The van der Waals surface area contributed by atoms with E-state index in [9.17, 15) is 4.79 Å². The Balaban J connectivity index is 1.77. The lowest BCUT2D eigenvalue weighted by atomic mass is 10.2. The molecular weight excluding hydrogens is 256 g/mol. The lowest BCUT2D eigenvalue weighted by molar-refractivity contribution is 0.0944. The number of nitrogens with zero attached hydrogens (tertiary/aromatic N) is 2. The molecule has 20 heavy (non-hydrogen) atoms. The summed E-state index contributed by atoms with van der Waals surface area (Å²) in [4.78, 5) is 18.4. The maximum atomic E-state index is 11.9. The van der Waals surface area contributed by atoms with Crippen LogP contribution >= 0.6 is 0 Å². The first-order valence-corrected chi connectivity index (χ1v) is 7.42. The van der Waals surface area contributed by atoms with Crippen molar-refractivity contribution in [2.24, 2.45) is 5.73 Å². The van der Waals surface area contributed by atoms with E-state index in [0.29, 0.717) is 18.1 Å². The van der Waals surface area contributed by atoms with Gasteiger partial charge in [-0.15, -0.1) is 0 Å². The predicted octanol–water partition coefficient (Wildman–Crippen LogP) is 1.30. The number of aromatic nitrogens is 1. The summed E-state index contributed by atoms with van der Waals surface area (Å²) in [6, 6.07) is -0.230. The molecule has 1 aliphatic rings. The SMILES string of the molecule is CCCC(N)c1nc(C(=O)NCCN2CCCC2)co1. The molecule has 1 atom stereocenters. The first kappa shape index (κ1) is 15.0. The molecular formula is C14H24N4O2. The molecule has 1 fully saturated rings. The molecule has 1 saturated heterocycles. The van der Waals surface area contributed by atoms with Crippen LogP contribution in [0.2, 0.25) is 0 Å². The first-order valence-electron chi connectivity index (χ1n) is 7.42. The zero-order valence-electron chi connectivity index (χ0n) is 12.1. The summed E-state index contributed by atoms with van der Waals surface area (Å²) in [5, 5.41) is 2.87. The molecule has 6 heteroatoms. The third-order valence-electron chi connectivity index (χ3n) is 3.58. The van der Waals surface area contributed by atoms with Crippen LogP contribution in [-0.4, -0.2) is 42.0 Å². The van der Waals surface area contributed by atoms with Crippen molar-refractivity contribution in [3.05, 3.63) is 17.8 Å². The Morgan fingerprint density at radius 2 is 2.30 bits per heavy atom. The van der Waals surface area contributed by atoms with Crippen LogP contribution in [0, 0.1) is 0 Å². The van der Waals surface area contributed by atoms with Gasteiger partial charge in [-0.2, -0.15) is 0 Å². The van der Waals surface area contributed by atoms with Crippen LogP contribution in [-0.2, 0) is 0 Å². The van der Waals surface area contributed by atoms with Gasteiger partial charge in [-0.05, 0) is 32.4 Å². The molecule has 0 aromatic carbocycles. The van der Waals surface area contributed by atoms with Gasteiger partial charge in [0.25, 0.3) is 5.91 Å². The van der Waals surface area contributed by atoms with Crippen molar-refractivity contribution < 1.29 is 9.21 Å². The maximum Gasteiger partial charge on any atom is 0.273 e. The smallest absolute Gasteiger partial charge is 0.273 e. The summed E-state index contributed by atoms with van der Waals surface area (Å²) in [5.74, 6) is 0.249. The molecule has 0 saturated carbocycles. The standard InChI is InChI=1S/C14H24N4O2/c1-2-5-11(15)14-17-12(10-20-14)13(19)16-6-9-18-7-3-4-8-18/h10-11H,2-9,15H2,1H3,(H,16,19). The monoisotopic (exact) mass is 280 g/mol. The fourth-order valence-corrected chi connectivity index (χ4v) is 2.42. The summed E-state index contributed by atoms with van der Waals surface area (Å²) in [6.45, 7) is 5.86. The highest BCUT2D eigenvalue weighted by Crippen LogP contribution is 2.14. The minimum Gasteiger partial charge on any atom is -0.446 e. The predicted molar refractivity (Wildman–Crippen MR) is 76.3 cm³/mol. The maximum absolute atomic E-state index is 11.9. The van der Waals surface area contributed by atoms with Gasteiger partial charge in [-0.1, -0.05) is 13.3 Å². The molecule has 0 bridgehead atoms. The number of hydrogen-bond donors (Lipinski definition) is 2. The number of hydrogen-bond acceptors (Lipinski definition) is 5. The molecule has 1 unspecified atom stereocenters. The summed E-state index contributed by atoms with van der Waals surface area (Å²) >= 11 is 0. The number of oxazole rings is 1. The molecule has 2 heterocycles. The van der Waals surface area contributed by atoms with E-state index in [4.69, 9.17) is 10.2 Å². The molecule has 1 aromatic rings. The second-order valence-corrected chi connectivity index (χ2v) is 5.27. The highest BCUT2D eigenvalue weighted by molar-refractivity contribution is 5.91. The second kappa shape index (κ2) is 7.40. The molecule has 1 amide bonds. The Kier molecular flexibility index (Phi) is 5.55. The van der Waals surface area contributed by atoms with Crippen molar-refractivity contribution in [3.63, 3.8) is 0 Å². The van der Waals surface area contributed by atoms with Crippen molar-refractivity contribution in [1.29, 1.82) is 0 Å². The minimum atomic E-state index is -0.230. The van der Waals surface area contributed by atoms with Crippen LogP contribution in [0.1, 0.15) is 55.0 Å². The Morgan fingerprint density at radius 1 is 1.55 bits per heavy atom. The third kappa shape index (κ3) is 4.05. The molecule has 3 N–H and O–H groups in total. The van der Waals surface area contributed by atoms with Crippen LogP contribution in [0.15, 0.2) is 10.7 Å². The molecule has 6 nitrogen and oxygen atoms in total. The number of nitrogens with one attached hydrogen (secondary N) is 1. The van der Waals surface area contributed by atoms with Gasteiger partial charge in [-0.3, -0.25) is 4.79 Å². The fraction of sp³-hybridized carbons (Fsp3) is 0.714. The number of amides is 1. The van der Waals surface area contributed by atoms with Crippen LogP contribution in [0.4, 0.5) is 0 Å². The lowest BCUT2D eigenvalue weighted by Crippen LogP contribution is -2.33. The van der Waals surface area contributed by atoms with E-state index in [0.717, 1.165) is 32.5 Å². The van der Waals surface area contributed by atoms with Crippen molar-refractivity contribution in [2.75, 3.05) is 26.2 Å². The molecule has 2 rings (SSSR count). The third-order valence-corrected chi connectivity index (χ3v) is 3.58. The number of likely N-dealkylation sites (tertiary alicyclic amines) is 1. The summed E-state index contributed by atoms with van der Waals surface area (Å²) < 4.78 is 5.27. The summed E-state index contributed by atoms with van der Waals surface area (Å²) in [5.41, 5.74) is 6.22. The van der Waals surface area contributed by atoms with Gasteiger partial charge in [-0.25, -0.2) is 4.98 Å². The molecule has 112 valence electrons. The van der Waals surface area contributed by atoms with E-state index in [1.165, 1.54) is 19.1 Å². The van der Waals surface area contributed by atoms with E-state index >= 15 is 0 Å². The van der Waals surface area contributed by atoms with Crippen molar-refractivity contribution in [3.8, 4) is 0 Å². The highest BCUT2D eigenvalue weighted by Gasteiger charge is 2.17. The minimum absolute atomic E-state index is 0.192. The van der Waals surface area contributed by atoms with Gasteiger partial charge >= 0.3 is 0 Å². The fourth-order valence-electron chi connectivity index (χ4n) is 2.42. The average Bonchev–Trinajstić information content (AvgIpc) is 3.10. The Labute approximate surface area is 119 Å². The molecule has 1 aliphatic heterocycles. The zero-order chi connectivity index (χ0) is 14.4. The van der Waals surface area contributed by atoms with Crippen molar-refractivity contribution in [1.82, 2.24) is 15.2 Å². The van der Waals surface area contributed by atoms with Gasteiger partial charge in [0.2, 0.25) is 5.89 Å². The normalized spacial score (nSPS) is 17.3. The van der Waals surface area contributed by atoms with Gasteiger partial charge in [0, 0.05) is 13.1 Å². The van der Waals surface area contributed by atoms with Crippen molar-refractivity contribution >= 4 is 5.91 Å². The van der Waals surface area contributed by atoms with Crippen LogP contribution < -0.4 is 11.1 Å². The second-order valence-electron chi connectivity index (χ2n) is 5.27. The highest BCUT2D eigenvalue weighted by atomic mass is 16.3. The quantitative estimate of drug-likeness (QED) is 0.786. The van der Waals surface area contributed by atoms with E-state index in [-0.39, 0.29) is 11.9 Å². The molecule has 0 radical (unpaired) electrons. The van der Waals surface area contributed by atoms with Gasteiger partial charge in [0.1, 0.15) is 6.26 Å². The average molecular weight is 280 g/mol. The largest absolute Gasteiger partial charge is 0.446 e. The van der Waals surface area contributed by atoms with E-state index in [2.05, 4.69) is 22.1 Å². The van der Waals surface area contributed by atoms with Gasteiger partial charge < -0.3 is 20.4 Å². The number of carbonyl (C=O) groups excluding carboxylic acids is 1. The Morgan fingerprint density at radius 3 is 3.00 bits per heavy atom. The molecule has 0 spiro atoms.